The van der Waals surface area contributed by atoms with Gasteiger partial charge in [0.1, 0.15) is 5.75 Å². The topological polar surface area (TPSA) is 98.7 Å². The molecule has 4 N–H and O–H groups in total. The molecule has 1 fully saturated rings. The molecule has 0 bridgehead atoms. The first kappa shape index (κ1) is 28.0. The first-order valence-corrected chi connectivity index (χ1v) is 15.0. The van der Waals surface area contributed by atoms with Gasteiger partial charge < -0.3 is 10.2 Å². The molecule has 0 radical (unpaired) electrons. The van der Waals surface area contributed by atoms with Gasteiger partial charge in [-0.2, -0.15) is 0 Å². The lowest BCUT2D eigenvalue weighted by atomic mass is 9.71. The smallest absolute Gasteiger partial charge is 0.115 e. The third kappa shape index (κ3) is 8.50. The summed E-state index contributed by atoms with van der Waals surface area (Å²) in [7, 11) is -2.16. The van der Waals surface area contributed by atoms with Crippen molar-refractivity contribution in [3.05, 3.63) is 65.2 Å². The minimum Gasteiger partial charge on any atom is -0.508 e. The molecule has 0 aromatic heterocycles. The lowest BCUT2D eigenvalue weighted by molar-refractivity contribution is -0.0207. The molecule has 3 atom stereocenters. The Morgan fingerprint density at radius 3 is 2.14 bits per heavy atom. The number of nitrogens with one attached hydrogen (secondary N) is 2. The maximum absolute atomic E-state index is 12.3. The summed E-state index contributed by atoms with van der Waals surface area (Å²) in [5, 5.41) is 20.8. The van der Waals surface area contributed by atoms with E-state index in [1.54, 1.807) is 24.3 Å². The molecule has 8 heteroatoms. The number of aromatic hydroxyl groups is 1. The molecule has 2 aromatic carbocycles. The van der Waals surface area contributed by atoms with E-state index in [9.17, 15) is 18.6 Å². The van der Waals surface area contributed by atoms with E-state index < -0.39 is 27.6 Å². The van der Waals surface area contributed by atoms with E-state index in [1.165, 1.54) is 0 Å². The Balaban J connectivity index is 1.42. The first-order chi connectivity index (χ1) is 16.7. The van der Waals surface area contributed by atoms with Gasteiger partial charge in [0.25, 0.3) is 0 Å². The molecule has 0 saturated heterocycles. The van der Waals surface area contributed by atoms with Crippen molar-refractivity contribution >= 4 is 22.0 Å². The van der Waals surface area contributed by atoms with Gasteiger partial charge in [-0.3, -0.25) is 0 Å². The van der Waals surface area contributed by atoms with Crippen molar-refractivity contribution in [2.24, 2.45) is 11.8 Å². The first-order valence-electron chi connectivity index (χ1n) is 12.5. The highest BCUT2D eigenvalue weighted by Gasteiger charge is 2.36. The highest BCUT2D eigenvalue weighted by atomic mass is 32.2. The zero-order chi connectivity index (χ0) is 25.4. The largest absolute Gasteiger partial charge is 0.508 e. The van der Waals surface area contributed by atoms with Crippen LogP contribution in [0.2, 0.25) is 0 Å². The number of aliphatic hydroxyl groups is 1. The van der Waals surface area contributed by atoms with Gasteiger partial charge >= 0.3 is 0 Å². The summed E-state index contributed by atoms with van der Waals surface area (Å²) >= 11 is 0. The molecule has 35 heavy (non-hydrogen) atoms. The molecule has 194 valence electrons. The Morgan fingerprint density at radius 1 is 0.943 bits per heavy atom. The summed E-state index contributed by atoms with van der Waals surface area (Å²) in [5.41, 5.74) is 2.23. The fraction of sp³-hybridized carbons (Fsp3) is 0.556. The summed E-state index contributed by atoms with van der Waals surface area (Å²) in [6.45, 7) is 7.47. The number of rotatable bonds is 12. The van der Waals surface area contributed by atoms with Gasteiger partial charge in [0.2, 0.25) is 0 Å². The lowest BCUT2D eigenvalue weighted by Gasteiger charge is -2.38. The molecule has 2 aromatic rings. The molecule has 3 rings (SSSR count). The second-order valence-corrected chi connectivity index (χ2v) is 13.1. The Kier molecular flexibility index (Phi) is 10.5. The minimum absolute atomic E-state index is 0.116. The summed E-state index contributed by atoms with van der Waals surface area (Å²) < 4.78 is 30.4. The number of phenolic OH excluding ortho intramolecular Hbond substituents is 1. The number of hydrogen-bond acceptors (Lipinski definition) is 4. The average Bonchev–Trinajstić information content (AvgIpc) is 2.84. The Hall–Kier alpha value is -1.58. The molecule has 1 aliphatic carbocycles. The number of phenols is 1. The van der Waals surface area contributed by atoms with E-state index in [1.807, 2.05) is 26.0 Å². The molecular formula is C27H40N2O4S2. The number of benzene rings is 2. The van der Waals surface area contributed by atoms with E-state index in [4.69, 9.17) is 0 Å². The summed E-state index contributed by atoms with van der Waals surface area (Å²) in [6, 6.07) is 14.9. The molecule has 0 amide bonds. The van der Waals surface area contributed by atoms with E-state index in [2.05, 4.69) is 28.5 Å². The van der Waals surface area contributed by atoms with Crippen LogP contribution in [-0.4, -0.2) is 37.0 Å². The Bertz CT molecular complexity index is 972. The summed E-state index contributed by atoms with van der Waals surface area (Å²) in [5.74, 6) is 1.56. The lowest BCUT2D eigenvalue weighted by Crippen LogP contribution is -2.36. The van der Waals surface area contributed by atoms with Crippen LogP contribution in [0.25, 0.3) is 0 Å². The average molecular weight is 521 g/mol. The highest BCUT2D eigenvalue weighted by Crippen LogP contribution is 2.41. The molecule has 3 unspecified atom stereocenters. The van der Waals surface area contributed by atoms with Crippen LogP contribution in [0.4, 0.5) is 0 Å². The predicted octanol–water partition coefficient (Wildman–Crippen LogP) is 4.06. The maximum atomic E-state index is 12.3. The maximum Gasteiger partial charge on any atom is 0.115 e. The number of hydrogen-bond donors (Lipinski definition) is 4. The molecular weight excluding hydrogens is 480 g/mol. The van der Waals surface area contributed by atoms with Gasteiger partial charge in [0.05, 0.1) is 33.3 Å². The van der Waals surface area contributed by atoms with Gasteiger partial charge in [-0.1, -0.05) is 43.3 Å². The molecule has 1 aliphatic rings. The highest BCUT2D eigenvalue weighted by molar-refractivity contribution is 7.83. The molecule has 0 spiro atoms. The van der Waals surface area contributed by atoms with Crippen LogP contribution in [-0.2, 0) is 39.7 Å². The van der Waals surface area contributed by atoms with Crippen LogP contribution < -0.4 is 9.44 Å². The second-order valence-electron chi connectivity index (χ2n) is 10.0. The fourth-order valence-corrected chi connectivity index (χ4v) is 6.30. The van der Waals surface area contributed by atoms with Crippen molar-refractivity contribution in [1.29, 1.82) is 0 Å². The van der Waals surface area contributed by atoms with Gasteiger partial charge in [0.15, 0.2) is 0 Å². The van der Waals surface area contributed by atoms with Crippen LogP contribution >= 0.6 is 0 Å². The molecule has 0 aliphatic heterocycles. The van der Waals surface area contributed by atoms with E-state index >= 15 is 0 Å². The van der Waals surface area contributed by atoms with Crippen molar-refractivity contribution in [3.8, 4) is 5.75 Å². The van der Waals surface area contributed by atoms with E-state index in [0.29, 0.717) is 24.1 Å². The van der Waals surface area contributed by atoms with Gasteiger partial charge in [-0.15, -0.1) is 0 Å². The van der Waals surface area contributed by atoms with Crippen molar-refractivity contribution in [3.63, 3.8) is 0 Å². The Morgan fingerprint density at radius 2 is 1.54 bits per heavy atom. The van der Waals surface area contributed by atoms with Crippen molar-refractivity contribution in [2.75, 3.05) is 13.1 Å². The van der Waals surface area contributed by atoms with Crippen molar-refractivity contribution in [1.82, 2.24) is 9.44 Å². The van der Waals surface area contributed by atoms with Gasteiger partial charge in [-0.25, -0.2) is 17.9 Å². The van der Waals surface area contributed by atoms with Gasteiger partial charge in [0, 0.05) is 18.3 Å². The van der Waals surface area contributed by atoms with Crippen LogP contribution in [0.3, 0.4) is 0 Å². The summed E-state index contributed by atoms with van der Waals surface area (Å²) in [6.07, 6.45) is 4.17. The Labute approximate surface area is 215 Å². The zero-order valence-corrected chi connectivity index (χ0v) is 22.7. The summed E-state index contributed by atoms with van der Waals surface area (Å²) in [4.78, 5) is 0. The molecule has 6 nitrogen and oxygen atoms in total. The predicted molar refractivity (Wildman–Crippen MR) is 144 cm³/mol. The van der Waals surface area contributed by atoms with Crippen LogP contribution in [0.1, 0.15) is 63.1 Å². The second kappa shape index (κ2) is 13.1. The normalized spacial score (nSPS) is 23.2. The van der Waals surface area contributed by atoms with Crippen LogP contribution in [0.15, 0.2) is 48.5 Å². The SMILES string of the molecule is CC(CNS(=O)C(C)C)C1CCC(O)(c2ccc(CCNS(=O)Cc3ccc(O)cc3)cc2)CC1. The van der Waals surface area contributed by atoms with Crippen LogP contribution in [0.5, 0.6) is 5.75 Å². The van der Waals surface area contributed by atoms with Crippen LogP contribution in [0, 0.1) is 11.8 Å². The molecule has 1 saturated carbocycles. The standard InChI is InChI=1S/C27H40N2O4S2/c1-20(2)35(33)29-18-21(3)24-12-15-27(31,16-13-24)25-8-4-22(5-9-25)14-17-28-34(32)19-23-6-10-26(30)11-7-23/h4-11,20-21,24,28-31H,12-19H2,1-3H3. The molecule has 0 heterocycles. The quantitative estimate of drug-likeness (QED) is 0.339. The van der Waals surface area contributed by atoms with Crippen molar-refractivity contribution < 1.29 is 18.6 Å². The zero-order valence-electron chi connectivity index (χ0n) is 21.0. The van der Waals surface area contributed by atoms with Gasteiger partial charge in [-0.05, 0) is 86.6 Å². The third-order valence-corrected chi connectivity index (χ3v) is 9.47. The van der Waals surface area contributed by atoms with E-state index in [0.717, 1.165) is 55.3 Å². The third-order valence-electron chi connectivity index (χ3n) is 7.04. The minimum atomic E-state index is -1.17. The fourth-order valence-electron chi connectivity index (χ4n) is 4.61. The van der Waals surface area contributed by atoms with Crippen molar-refractivity contribution in [2.45, 2.75) is 69.5 Å². The van der Waals surface area contributed by atoms with E-state index in [-0.39, 0.29) is 11.0 Å². The monoisotopic (exact) mass is 520 g/mol.